The van der Waals surface area contributed by atoms with Gasteiger partial charge in [0.1, 0.15) is 6.54 Å². The molecule has 1 amide bonds. The van der Waals surface area contributed by atoms with Crippen LogP contribution in [0.1, 0.15) is 54.6 Å². The number of fused-ring (bicyclic) bond motifs is 4. The number of aryl methyl sites for hydroxylation is 1. The summed E-state index contributed by atoms with van der Waals surface area (Å²) in [6, 6.07) is 9.89. The molecule has 3 aromatic rings. The van der Waals surface area contributed by atoms with Gasteiger partial charge in [0.25, 0.3) is 5.91 Å². The largest absolute Gasteiger partial charge is 0.406 e. The van der Waals surface area contributed by atoms with E-state index in [1.54, 1.807) is 29.1 Å². The van der Waals surface area contributed by atoms with Gasteiger partial charge in [-0.1, -0.05) is 25.3 Å². The minimum atomic E-state index is -4.42. The molecular weight excluding hydrogens is 493 g/mol. The number of amides is 1. The summed E-state index contributed by atoms with van der Waals surface area (Å²) < 4.78 is 43.6. The summed E-state index contributed by atoms with van der Waals surface area (Å²) in [5.74, 6) is 2.77. The number of hydrogen-bond acceptors (Lipinski definition) is 4. The van der Waals surface area contributed by atoms with Gasteiger partial charge in [-0.25, -0.2) is 0 Å². The van der Waals surface area contributed by atoms with E-state index in [0.29, 0.717) is 22.4 Å². The van der Waals surface area contributed by atoms with Gasteiger partial charge in [0.2, 0.25) is 0 Å². The van der Waals surface area contributed by atoms with Crippen molar-refractivity contribution in [1.29, 1.82) is 0 Å². The lowest BCUT2D eigenvalue weighted by molar-refractivity contribution is -0.140. The van der Waals surface area contributed by atoms with Crippen LogP contribution >= 0.6 is 0 Å². The van der Waals surface area contributed by atoms with Crippen LogP contribution in [0.15, 0.2) is 36.7 Å². The fourth-order valence-corrected chi connectivity index (χ4v) is 5.62. The molecule has 1 saturated heterocycles. The van der Waals surface area contributed by atoms with Gasteiger partial charge < -0.3 is 14.8 Å². The van der Waals surface area contributed by atoms with Crippen molar-refractivity contribution in [2.75, 3.05) is 25.5 Å². The average Bonchev–Trinajstić information content (AvgIpc) is 3.47. The molecule has 2 aliphatic heterocycles. The fourth-order valence-electron chi connectivity index (χ4n) is 5.62. The summed E-state index contributed by atoms with van der Waals surface area (Å²) in [6.45, 7) is 1.53. The molecule has 1 aromatic carbocycles. The number of rotatable bonds is 1. The van der Waals surface area contributed by atoms with E-state index in [2.05, 4.69) is 39.6 Å². The van der Waals surface area contributed by atoms with Crippen LogP contribution < -0.4 is 10.6 Å². The molecule has 4 heterocycles. The van der Waals surface area contributed by atoms with Crippen molar-refractivity contribution in [1.82, 2.24) is 24.6 Å². The molecule has 202 valence electrons. The van der Waals surface area contributed by atoms with Crippen LogP contribution in [0, 0.1) is 17.9 Å². The number of aromatic nitrogens is 3. The summed E-state index contributed by atoms with van der Waals surface area (Å²) in [7, 11) is 2.15. The minimum Gasteiger partial charge on any atom is -0.381 e. The molecule has 2 N–H and O–H groups in total. The van der Waals surface area contributed by atoms with Crippen LogP contribution in [0.2, 0.25) is 0 Å². The van der Waals surface area contributed by atoms with Crippen molar-refractivity contribution in [2.45, 2.75) is 63.8 Å². The number of carbonyl (C=O) groups excluding carboxylic acids is 1. The number of alkyl halides is 3. The third kappa shape index (κ3) is 6.16. The van der Waals surface area contributed by atoms with E-state index in [1.807, 2.05) is 6.07 Å². The van der Waals surface area contributed by atoms with Crippen molar-refractivity contribution in [3.63, 3.8) is 0 Å². The Bertz CT molecular complexity index is 1350. The first-order valence-corrected chi connectivity index (χ1v) is 13.2. The van der Waals surface area contributed by atoms with Gasteiger partial charge in [-0.15, -0.1) is 0 Å². The van der Waals surface area contributed by atoms with Crippen LogP contribution in [-0.2, 0) is 13.1 Å². The Morgan fingerprint density at radius 2 is 1.97 bits per heavy atom. The van der Waals surface area contributed by atoms with Crippen LogP contribution in [0.3, 0.4) is 0 Å². The van der Waals surface area contributed by atoms with Crippen molar-refractivity contribution < 1.29 is 18.0 Å². The first kappa shape index (κ1) is 26.2. The molecule has 0 spiro atoms. The normalized spacial score (nSPS) is 21.7. The monoisotopic (exact) mass is 526 g/mol. The number of carbonyl (C=O) groups is 1. The smallest absolute Gasteiger partial charge is 0.381 e. The maximum atomic E-state index is 13.6. The second kappa shape index (κ2) is 11.1. The van der Waals surface area contributed by atoms with Crippen LogP contribution in [-0.4, -0.2) is 57.5 Å². The Hall–Kier alpha value is -3.45. The minimum absolute atomic E-state index is 0.192. The Labute approximate surface area is 220 Å². The summed E-state index contributed by atoms with van der Waals surface area (Å²) in [5.41, 5.74) is 1.83. The molecule has 1 fully saturated rings. The van der Waals surface area contributed by atoms with Crippen molar-refractivity contribution in [3.05, 3.63) is 47.9 Å². The van der Waals surface area contributed by atoms with E-state index in [-0.39, 0.29) is 11.7 Å². The zero-order valence-corrected chi connectivity index (χ0v) is 21.5. The standard InChI is InChI=1S/C28H33F3N6O/c1-35-14-11-24-20(17-35)7-4-2-3-5-13-36-18-21(16-33-36)27(38)32-12-10-22-15-23-25(34-24)8-6-9-26(23)37(22)19-28(29,30)31/h6,8-9,15-16,18,20,24,34H,2-5,7,11,13-14,17,19H2,1H3,(H,32,38). The Morgan fingerprint density at radius 1 is 1.13 bits per heavy atom. The summed E-state index contributed by atoms with van der Waals surface area (Å²) in [4.78, 5) is 14.9. The molecule has 7 nitrogen and oxygen atoms in total. The van der Waals surface area contributed by atoms with E-state index in [1.165, 1.54) is 10.8 Å². The van der Waals surface area contributed by atoms with E-state index in [9.17, 15) is 18.0 Å². The molecule has 0 radical (unpaired) electrons. The lowest BCUT2D eigenvalue weighted by atomic mass is 9.87. The highest BCUT2D eigenvalue weighted by molar-refractivity contribution is 5.95. The van der Waals surface area contributed by atoms with E-state index >= 15 is 0 Å². The second-order valence-electron chi connectivity index (χ2n) is 10.4. The third-order valence-electron chi connectivity index (χ3n) is 7.54. The van der Waals surface area contributed by atoms with Crippen molar-refractivity contribution >= 4 is 22.5 Å². The summed E-state index contributed by atoms with van der Waals surface area (Å²) in [6.07, 6.45) is 5.11. The fraction of sp³-hybridized carbons (Fsp3) is 0.500. The highest BCUT2D eigenvalue weighted by Crippen LogP contribution is 2.33. The number of nitrogens with one attached hydrogen (secondary N) is 2. The highest BCUT2D eigenvalue weighted by atomic mass is 19.4. The molecule has 2 aliphatic rings. The molecule has 4 bridgehead atoms. The number of halogens is 3. The molecular formula is C28H33F3N6O. The number of anilines is 1. The average molecular weight is 527 g/mol. The van der Waals surface area contributed by atoms with Crippen LogP contribution in [0.4, 0.5) is 18.9 Å². The van der Waals surface area contributed by atoms with Crippen LogP contribution in [0.5, 0.6) is 0 Å². The lowest BCUT2D eigenvalue weighted by Crippen LogP contribution is -2.44. The SMILES string of the molecule is CN1CCC2Nc3cccc4c3cc(n4CC(F)(F)F)C#CNC(=O)c3cnn(c3)CCCCCCC2C1. The van der Waals surface area contributed by atoms with Gasteiger partial charge in [0.15, 0.2) is 0 Å². The maximum absolute atomic E-state index is 13.6. The van der Waals surface area contributed by atoms with Crippen molar-refractivity contribution in [3.8, 4) is 12.0 Å². The summed E-state index contributed by atoms with van der Waals surface area (Å²) >= 11 is 0. The van der Waals surface area contributed by atoms with E-state index < -0.39 is 18.6 Å². The predicted octanol–water partition coefficient (Wildman–Crippen LogP) is 4.84. The summed E-state index contributed by atoms with van der Waals surface area (Å²) in [5, 5.41) is 11.1. The lowest BCUT2D eigenvalue weighted by Gasteiger charge is -2.38. The Kier molecular flexibility index (Phi) is 7.65. The molecule has 2 atom stereocenters. The van der Waals surface area contributed by atoms with E-state index in [0.717, 1.165) is 63.8 Å². The van der Waals surface area contributed by atoms with Gasteiger partial charge in [0, 0.05) is 42.4 Å². The van der Waals surface area contributed by atoms with E-state index in [4.69, 9.17) is 0 Å². The molecule has 5 rings (SSSR count). The van der Waals surface area contributed by atoms with Gasteiger partial charge in [-0.3, -0.25) is 14.8 Å². The second-order valence-corrected chi connectivity index (χ2v) is 10.4. The maximum Gasteiger partial charge on any atom is 0.406 e. The van der Waals surface area contributed by atoms with Gasteiger partial charge in [0.05, 0.1) is 23.0 Å². The predicted molar refractivity (Wildman–Crippen MR) is 141 cm³/mol. The van der Waals surface area contributed by atoms with Gasteiger partial charge in [-0.2, -0.15) is 18.3 Å². The molecule has 0 saturated carbocycles. The molecule has 2 aromatic heterocycles. The Morgan fingerprint density at radius 3 is 2.82 bits per heavy atom. The number of likely N-dealkylation sites (tertiary alicyclic amines) is 1. The molecule has 0 aliphatic carbocycles. The topological polar surface area (TPSA) is 67.1 Å². The van der Waals surface area contributed by atoms with Crippen molar-refractivity contribution in [2.24, 2.45) is 5.92 Å². The third-order valence-corrected chi connectivity index (χ3v) is 7.54. The van der Waals surface area contributed by atoms with Gasteiger partial charge >= 0.3 is 6.18 Å². The number of benzene rings is 1. The zero-order valence-electron chi connectivity index (χ0n) is 21.5. The highest BCUT2D eigenvalue weighted by Gasteiger charge is 2.31. The molecule has 2 unspecified atom stereocenters. The van der Waals surface area contributed by atoms with Gasteiger partial charge in [-0.05, 0) is 62.9 Å². The first-order valence-electron chi connectivity index (χ1n) is 13.2. The zero-order chi connectivity index (χ0) is 26.7. The number of piperidine rings is 1. The Balaban J connectivity index is 1.52. The molecule has 10 heteroatoms. The quantitative estimate of drug-likeness (QED) is 0.446. The molecule has 38 heavy (non-hydrogen) atoms. The number of nitrogens with zero attached hydrogens (tertiary/aromatic N) is 4. The van der Waals surface area contributed by atoms with Crippen LogP contribution in [0.25, 0.3) is 10.9 Å². The number of hydrogen-bond donors (Lipinski definition) is 2. The first-order chi connectivity index (χ1) is 18.3.